The fraction of sp³-hybridized carbons (Fsp3) is 0.0714. The minimum atomic E-state index is 0.756. The molecule has 0 unspecified atom stereocenters. The summed E-state index contributed by atoms with van der Waals surface area (Å²) in [4.78, 5) is 4.25. The Labute approximate surface area is 105 Å². The second-order valence-corrected chi connectivity index (χ2v) is 3.96. The van der Waals surface area contributed by atoms with Gasteiger partial charge >= 0.3 is 0 Å². The molecule has 0 amide bonds. The molecule has 3 rings (SSSR count). The first-order chi connectivity index (χ1) is 8.88. The molecule has 2 aromatic heterocycles. The zero-order valence-electron chi connectivity index (χ0n) is 9.96. The van der Waals surface area contributed by atoms with Crippen LogP contribution in [0.3, 0.4) is 0 Å². The van der Waals surface area contributed by atoms with Gasteiger partial charge in [0, 0.05) is 30.4 Å². The van der Waals surface area contributed by atoms with Gasteiger partial charge in [0.05, 0.1) is 5.69 Å². The maximum absolute atomic E-state index is 4.25. The summed E-state index contributed by atoms with van der Waals surface area (Å²) in [6.45, 7) is 0. The summed E-state index contributed by atoms with van der Waals surface area (Å²) in [7, 11) is 1.82. The molecule has 3 aromatic rings. The molecule has 0 saturated heterocycles. The van der Waals surface area contributed by atoms with E-state index in [1.807, 2.05) is 49.8 Å². The van der Waals surface area contributed by atoms with Crippen LogP contribution in [0.1, 0.15) is 0 Å². The highest BCUT2D eigenvalue weighted by Crippen LogP contribution is 2.25. The van der Waals surface area contributed by atoms with Crippen LogP contribution in [-0.2, 0) is 0 Å². The Morgan fingerprint density at radius 1 is 0.944 bits per heavy atom. The summed E-state index contributed by atoms with van der Waals surface area (Å²) in [5.74, 6) is 0.756. The van der Waals surface area contributed by atoms with Gasteiger partial charge in [-0.25, -0.2) is 0 Å². The van der Waals surface area contributed by atoms with Crippen molar-refractivity contribution in [1.82, 2.24) is 15.2 Å². The van der Waals surface area contributed by atoms with Crippen LogP contribution in [0.4, 0.5) is 5.82 Å². The molecule has 18 heavy (non-hydrogen) atoms. The number of nitrogens with one attached hydrogen (secondary N) is 1. The van der Waals surface area contributed by atoms with Crippen LogP contribution < -0.4 is 5.32 Å². The number of aromatic nitrogens is 3. The van der Waals surface area contributed by atoms with Gasteiger partial charge in [0.2, 0.25) is 0 Å². The molecular formula is C14H12N4. The molecule has 0 fully saturated rings. The highest BCUT2D eigenvalue weighted by atomic mass is 15.2. The number of hydrogen-bond acceptors (Lipinski definition) is 4. The lowest BCUT2D eigenvalue weighted by Gasteiger charge is -2.05. The minimum Gasteiger partial charge on any atom is -0.372 e. The quantitative estimate of drug-likeness (QED) is 0.743. The largest absolute Gasteiger partial charge is 0.372 e. The van der Waals surface area contributed by atoms with E-state index < -0.39 is 0 Å². The van der Waals surface area contributed by atoms with E-state index in [0.717, 1.165) is 27.8 Å². The molecule has 0 aliphatic heterocycles. The molecule has 4 heteroatoms. The number of fused-ring (bicyclic) bond motifs is 1. The van der Waals surface area contributed by atoms with Crippen LogP contribution in [0.15, 0.2) is 48.8 Å². The van der Waals surface area contributed by atoms with Crippen molar-refractivity contribution in [1.29, 1.82) is 0 Å². The smallest absolute Gasteiger partial charge is 0.148 e. The van der Waals surface area contributed by atoms with Crippen molar-refractivity contribution in [2.75, 3.05) is 12.4 Å². The van der Waals surface area contributed by atoms with Crippen molar-refractivity contribution in [3.8, 4) is 11.3 Å². The van der Waals surface area contributed by atoms with Gasteiger partial charge in [0.15, 0.2) is 0 Å². The third-order valence-corrected chi connectivity index (χ3v) is 2.86. The van der Waals surface area contributed by atoms with Crippen molar-refractivity contribution >= 4 is 16.6 Å². The summed E-state index contributed by atoms with van der Waals surface area (Å²) < 4.78 is 0. The molecule has 0 radical (unpaired) electrons. The van der Waals surface area contributed by atoms with Crippen LogP contribution in [-0.4, -0.2) is 22.2 Å². The number of pyridine rings is 1. The number of nitrogens with zero attached hydrogens (tertiary/aromatic N) is 3. The van der Waals surface area contributed by atoms with Crippen LogP contribution in [0.2, 0.25) is 0 Å². The number of anilines is 1. The topological polar surface area (TPSA) is 50.7 Å². The normalized spacial score (nSPS) is 10.5. The third-order valence-electron chi connectivity index (χ3n) is 2.86. The summed E-state index contributed by atoms with van der Waals surface area (Å²) in [5, 5.41) is 13.5. The lowest BCUT2D eigenvalue weighted by molar-refractivity contribution is 1.04. The maximum atomic E-state index is 4.25. The van der Waals surface area contributed by atoms with E-state index in [0.29, 0.717) is 0 Å². The van der Waals surface area contributed by atoms with E-state index in [9.17, 15) is 0 Å². The number of rotatable bonds is 2. The van der Waals surface area contributed by atoms with Crippen molar-refractivity contribution in [3.05, 3.63) is 48.8 Å². The van der Waals surface area contributed by atoms with Gasteiger partial charge in [0.1, 0.15) is 5.82 Å². The molecule has 0 saturated carbocycles. The van der Waals surface area contributed by atoms with E-state index in [1.165, 1.54) is 0 Å². The van der Waals surface area contributed by atoms with Crippen molar-refractivity contribution in [3.63, 3.8) is 0 Å². The molecule has 0 bridgehead atoms. The molecule has 2 heterocycles. The molecule has 0 spiro atoms. The van der Waals surface area contributed by atoms with E-state index in [2.05, 4.69) is 26.6 Å². The van der Waals surface area contributed by atoms with Gasteiger partial charge < -0.3 is 5.32 Å². The number of hydrogen-bond donors (Lipinski definition) is 1. The van der Waals surface area contributed by atoms with E-state index in [-0.39, 0.29) is 0 Å². The van der Waals surface area contributed by atoms with E-state index in [1.54, 1.807) is 0 Å². The Morgan fingerprint density at radius 2 is 1.83 bits per heavy atom. The highest BCUT2D eigenvalue weighted by Gasteiger charge is 2.05. The van der Waals surface area contributed by atoms with Crippen molar-refractivity contribution in [2.24, 2.45) is 0 Å². The molecule has 1 aromatic carbocycles. The monoisotopic (exact) mass is 236 g/mol. The first-order valence-corrected chi connectivity index (χ1v) is 5.73. The first kappa shape index (κ1) is 10.7. The Hall–Kier alpha value is -2.49. The lowest BCUT2D eigenvalue weighted by atomic mass is 10.1. The third kappa shape index (κ3) is 1.78. The van der Waals surface area contributed by atoms with Gasteiger partial charge in [-0.3, -0.25) is 4.98 Å². The molecule has 0 atom stereocenters. The van der Waals surface area contributed by atoms with Crippen LogP contribution in [0.5, 0.6) is 0 Å². The summed E-state index contributed by atoms with van der Waals surface area (Å²) >= 11 is 0. The Bertz CT molecular complexity index is 671. The van der Waals surface area contributed by atoms with Crippen LogP contribution in [0, 0.1) is 0 Å². The fourth-order valence-electron chi connectivity index (χ4n) is 1.93. The molecule has 0 aliphatic rings. The maximum Gasteiger partial charge on any atom is 0.148 e. The zero-order valence-corrected chi connectivity index (χ0v) is 9.96. The summed E-state index contributed by atoms with van der Waals surface area (Å²) in [6.07, 6.45) is 3.68. The predicted molar refractivity (Wildman–Crippen MR) is 72.3 cm³/mol. The van der Waals surface area contributed by atoms with E-state index in [4.69, 9.17) is 0 Å². The summed E-state index contributed by atoms with van der Waals surface area (Å²) in [5.41, 5.74) is 1.83. The SMILES string of the molecule is CNc1ccc(-c2cncc3ccccc23)nn1. The van der Waals surface area contributed by atoms with Crippen molar-refractivity contribution in [2.45, 2.75) is 0 Å². The fourth-order valence-corrected chi connectivity index (χ4v) is 1.93. The van der Waals surface area contributed by atoms with Crippen LogP contribution >= 0.6 is 0 Å². The molecule has 4 nitrogen and oxygen atoms in total. The Morgan fingerprint density at radius 3 is 2.61 bits per heavy atom. The average molecular weight is 236 g/mol. The second kappa shape index (κ2) is 4.41. The first-order valence-electron chi connectivity index (χ1n) is 5.73. The van der Waals surface area contributed by atoms with Gasteiger partial charge in [-0.1, -0.05) is 24.3 Å². The summed E-state index contributed by atoms with van der Waals surface area (Å²) in [6, 6.07) is 12.0. The minimum absolute atomic E-state index is 0.756. The molecule has 88 valence electrons. The Balaban J connectivity index is 2.18. The molecular weight excluding hydrogens is 224 g/mol. The van der Waals surface area contributed by atoms with Crippen molar-refractivity contribution < 1.29 is 0 Å². The lowest BCUT2D eigenvalue weighted by Crippen LogP contribution is -1.95. The number of benzene rings is 1. The van der Waals surface area contributed by atoms with Gasteiger partial charge in [0.25, 0.3) is 0 Å². The standard InChI is InChI=1S/C14H12N4/c1-15-14-7-6-13(17-18-14)12-9-16-8-10-4-2-3-5-11(10)12/h2-9H,1H3,(H,15,18). The van der Waals surface area contributed by atoms with Gasteiger partial charge in [-0.2, -0.15) is 0 Å². The highest BCUT2D eigenvalue weighted by molar-refractivity contribution is 5.94. The molecule has 0 aliphatic carbocycles. The second-order valence-electron chi connectivity index (χ2n) is 3.96. The predicted octanol–water partition coefficient (Wildman–Crippen LogP) is 2.73. The van der Waals surface area contributed by atoms with Gasteiger partial charge in [-0.15, -0.1) is 10.2 Å². The van der Waals surface area contributed by atoms with Gasteiger partial charge in [-0.05, 0) is 17.5 Å². The van der Waals surface area contributed by atoms with E-state index >= 15 is 0 Å². The average Bonchev–Trinajstić information content (AvgIpc) is 2.47. The Kier molecular flexibility index (Phi) is 2.61. The zero-order chi connectivity index (χ0) is 12.4. The van der Waals surface area contributed by atoms with Crippen LogP contribution in [0.25, 0.3) is 22.0 Å². The molecule has 1 N–H and O–H groups in total.